The van der Waals surface area contributed by atoms with Gasteiger partial charge in [-0.2, -0.15) is 0 Å². The molecule has 0 aromatic rings. The molecule has 1 fully saturated rings. The molecule has 0 saturated carbocycles. The van der Waals surface area contributed by atoms with Crippen LogP contribution in [0.1, 0.15) is 47.0 Å². The Morgan fingerprint density at radius 3 is 2.43 bits per heavy atom. The van der Waals surface area contributed by atoms with E-state index in [-0.39, 0.29) is 30.3 Å². The molecule has 0 aromatic heterocycles. The van der Waals surface area contributed by atoms with Gasteiger partial charge in [0.05, 0.1) is 19.6 Å². The van der Waals surface area contributed by atoms with Crippen molar-refractivity contribution < 1.29 is 19.6 Å². The van der Waals surface area contributed by atoms with Gasteiger partial charge in [-0.1, -0.05) is 0 Å². The third-order valence-electron chi connectivity index (χ3n) is 4.89. The largest absolute Gasteiger partial charge is 0.550 e. The molecule has 0 aromatic carbocycles. The van der Waals surface area contributed by atoms with Crippen LogP contribution in [-0.4, -0.2) is 55.7 Å². The molecule has 6 heteroatoms. The third-order valence-corrected chi connectivity index (χ3v) is 4.89. The summed E-state index contributed by atoms with van der Waals surface area (Å²) < 4.78 is 0. The lowest BCUT2D eigenvalue weighted by Crippen LogP contribution is -3.11. The van der Waals surface area contributed by atoms with Gasteiger partial charge in [0.25, 0.3) is 0 Å². The highest BCUT2D eigenvalue weighted by Crippen LogP contribution is 2.28. The quantitative estimate of drug-likeness (QED) is 0.631. The minimum atomic E-state index is -0.977. The average Bonchev–Trinajstić information content (AvgIpc) is 2.48. The van der Waals surface area contributed by atoms with Gasteiger partial charge in [-0.05, 0) is 52.4 Å². The number of likely N-dealkylation sites (tertiary alicyclic amines) is 1. The first-order valence-electron chi connectivity index (χ1n) is 8.96. The topological polar surface area (TPSA) is 76.9 Å². The Labute approximate surface area is 140 Å². The zero-order valence-electron chi connectivity index (χ0n) is 15.1. The zero-order chi connectivity index (χ0) is 17.4. The second-order valence-electron chi connectivity index (χ2n) is 6.93. The van der Waals surface area contributed by atoms with Crippen molar-refractivity contribution in [2.24, 2.45) is 11.8 Å². The lowest BCUT2D eigenvalue weighted by molar-refractivity contribution is -0.897. The summed E-state index contributed by atoms with van der Waals surface area (Å²) in [5.41, 5.74) is 0. The van der Waals surface area contributed by atoms with E-state index >= 15 is 0 Å². The van der Waals surface area contributed by atoms with Gasteiger partial charge in [0.2, 0.25) is 0 Å². The predicted octanol–water partition coefficient (Wildman–Crippen LogP) is -0.503. The highest BCUT2D eigenvalue weighted by atomic mass is 16.4. The summed E-state index contributed by atoms with van der Waals surface area (Å²) >= 11 is 0. The van der Waals surface area contributed by atoms with Crippen LogP contribution in [0, 0.1) is 11.8 Å². The SMILES string of the molecule is CC[NH+](CC)CC[C@H]1CN(C(=O)NC(C)C)CC[C@H]1CC(=O)[O-]. The predicted molar refractivity (Wildman–Crippen MR) is 88.0 cm³/mol. The third kappa shape index (κ3) is 6.77. The van der Waals surface area contributed by atoms with Gasteiger partial charge >= 0.3 is 6.03 Å². The van der Waals surface area contributed by atoms with Crippen molar-refractivity contribution in [2.45, 2.75) is 53.0 Å². The summed E-state index contributed by atoms with van der Waals surface area (Å²) in [4.78, 5) is 26.6. The first-order valence-corrected chi connectivity index (χ1v) is 8.96. The molecule has 2 N–H and O–H groups in total. The van der Waals surface area contributed by atoms with E-state index in [9.17, 15) is 14.7 Å². The number of carboxylic acids is 1. The van der Waals surface area contributed by atoms with E-state index in [0.717, 1.165) is 32.5 Å². The number of nitrogens with one attached hydrogen (secondary N) is 2. The van der Waals surface area contributed by atoms with Crippen LogP contribution in [0.15, 0.2) is 0 Å². The Kier molecular flexibility index (Phi) is 8.37. The van der Waals surface area contributed by atoms with Crippen LogP contribution >= 0.6 is 0 Å². The van der Waals surface area contributed by atoms with E-state index in [2.05, 4.69) is 19.2 Å². The van der Waals surface area contributed by atoms with E-state index in [0.29, 0.717) is 13.1 Å². The molecule has 1 saturated heterocycles. The van der Waals surface area contributed by atoms with Crippen molar-refractivity contribution in [3.05, 3.63) is 0 Å². The molecule has 23 heavy (non-hydrogen) atoms. The van der Waals surface area contributed by atoms with Gasteiger partial charge in [-0.25, -0.2) is 4.79 Å². The van der Waals surface area contributed by atoms with Crippen molar-refractivity contribution in [3.63, 3.8) is 0 Å². The summed E-state index contributed by atoms with van der Waals surface area (Å²) in [6.07, 6.45) is 1.82. The van der Waals surface area contributed by atoms with E-state index in [4.69, 9.17) is 0 Å². The van der Waals surface area contributed by atoms with Crippen molar-refractivity contribution in [1.29, 1.82) is 0 Å². The second kappa shape index (κ2) is 9.75. The number of carbonyl (C=O) groups excluding carboxylic acids is 2. The van der Waals surface area contributed by atoms with Gasteiger partial charge in [-0.3, -0.25) is 0 Å². The average molecular weight is 327 g/mol. The Hall–Kier alpha value is -1.30. The number of carboxylic acid groups (broad SMARTS) is 1. The molecule has 0 aliphatic carbocycles. The number of rotatable bonds is 8. The molecule has 1 aliphatic rings. The minimum absolute atomic E-state index is 0.0351. The maximum Gasteiger partial charge on any atom is 0.317 e. The molecule has 0 spiro atoms. The molecule has 1 aliphatic heterocycles. The monoisotopic (exact) mass is 327 g/mol. The molecule has 0 bridgehead atoms. The van der Waals surface area contributed by atoms with Crippen LogP contribution in [0.25, 0.3) is 0 Å². The smallest absolute Gasteiger partial charge is 0.317 e. The molecular formula is C17H33N3O3. The summed E-state index contributed by atoms with van der Waals surface area (Å²) in [7, 11) is 0. The van der Waals surface area contributed by atoms with E-state index in [1.165, 1.54) is 4.90 Å². The Morgan fingerprint density at radius 1 is 1.26 bits per heavy atom. The second-order valence-corrected chi connectivity index (χ2v) is 6.93. The standard InChI is InChI=1S/C17H33N3O3/c1-5-19(6-2)9-7-15-12-20(17(23)18-13(3)4)10-8-14(15)11-16(21)22/h13-15H,5-12H2,1-4H3,(H,18,23)(H,21,22)/t14-,15-/m0/s1. The number of quaternary nitrogens is 1. The maximum absolute atomic E-state index is 12.2. The van der Waals surface area contributed by atoms with Gasteiger partial charge in [-0.15, -0.1) is 0 Å². The zero-order valence-corrected chi connectivity index (χ0v) is 15.1. The van der Waals surface area contributed by atoms with Crippen LogP contribution in [0.5, 0.6) is 0 Å². The first kappa shape index (κ1) is 19.7. The maximum atomic E-state index is 12.2. The molecular weight excluding hydrogens is 294 g/mol. The molecule has 2 atom stereocenters. The van der Waals surface area contributed by atoms with Crippen LogP contribution in [0.3, 0.4) is 0 Å². The number of urea groups is 1. The number of hydrogen-bond acceptors (Lipinski definition) is 3. The summed E-state index contributed by atoms with van der Waals surface area (Å²) in [6.45, 7) is 12.7. The number of piperidine rings is 1. The van der Waals surface area contributed by atoms with E-state index < -0.39 is 5.97 Å². The Morgan fingerprint density at radius 2 is 1.91 bits per heavy atom. The number of aliphatic carboxylic acids is 1. The molecule has 0 unspecified atom stereocenters. The fraction of sp³-hybridized carbons (Fsp3) is 0.882. The number of hydrogen-bond donors (Lipinski definition) is 2. The Balaban J connectivity index is 2.66. The molecule has 1 heterocycles. The normalized spacial score (nSPS) is 21.7. The van der Waals surface area contributed by atoms with Gasteiger partial charge in [0, 0.05) is 31.5 Å². The van der Waals surface area contributed by atoms with E-state index in [1.54, 1.807) is 0 Å². The highest BCUT2D eigenvalue weighted by molar-refractivity contribution is 5.74. The highest BCUT2D eigenvalue weighted by Gasteiger charge is 2.32. The van der Waals surface area contributed by atoms with Gasteiger partial charge < -0.3 is 25.0 Å². The number of amides is 2. The van der Waals surface area contributed by atoms with Crippen molar-refractivity contribution >= 4 is 12.0 Å². The lowest BCUT2D eigenvalue weighted by Gasteiger charge is -2.39. The number of carbonyl (C=O) groups is 2. The van der Waals surface area contributed by atoms with E-state index in [1.807, 2.05) is 18.7 Å². The molecule has 0 radical (unpaired) electrons. The number of nitrogens with zero attached hydrogens (tertiary/aromatic N) is 1. The lowest BCUT2D eigenvalue weighted by atomic mass is 9.81. The molecule has 1 rings (SSSR count). The van der Waals surface area contributed by atoms with Crippen molar-refractivity contribution in [1.82, 2.24) is 10.2 Å². The summed E-state index contributed by atoms with van der Waals surface area (Å²) in [5.74, 6) is -0.610. The van der Waals surface area contributed by atoms with Crippen LogP contribution < -0.4 is 15.3 Å². The van der Waals surface area contributed by atoms with Crippen LogP contribution in [-0.2, 0) is 4.79 Å². The first-order chi connectivity index (χ1) is 10.9. The van der Waals surface area contributed by atoms with Gasteiger partial charge in [0.1, 0.15) is 0 Å². The Bertz CT molecular complexity index is 383. The molecule has 6 nitrogen and oxygen atoms in total. The van der Waals surface area contributed by atoms with Gasteiger partial charge in [0.15, 0.2) is 0 Å². The summed E-state index contributed by atoms with van der Waals surface area (Å²) in [6, 6.07) is 0.0779. The molecule has 2 amide bonds. The minimum Gasteiger partial charge on any atom is -0.550 e. The fourth-order valence-corrected chi connectivity index (χ4v) is 3.41. The van der Waals surface area contributed by atoms with Crippen LogP contribution in [0.2, 0.25) is 0 Å². The fourth-order valence-electron chi connectivity index (χ4n) is 3.41. The van der Waals surface area contributed by atoms with Crippen molar-refractivity contribution in [3.8, 4) is 0 Å². The van der Waals surface area contributed by atoms with Crippen LogP contribution in [0.4, 0.5) is 4.79 Å². The van der Waals surface area contributed by atoms with Crippen molar-refractivity contribution in [2.75, 3.05) is 32.7 Å². The summed E-state index contributed by atoms with van der Waals surface area (Å²) in [5, 5.41) is 13.9. The molecule has 134 valence electrons.